The van der Waals surface area contributed by atoms with E-state index in [0.29, 0.717) is 0 Å². The average Bonchev–Trinajstić information content (AvgIpc) is 3.18. The molecule has 1 heterocycles. The summed E-state index contributed by atoms with van der Waals surface area (Å²) in [5.74, 6) is 1.67. The van der Waals surface area contributed by atoms with Gasteiger partial charge in [-0.25, -0.2) is 0 Å². The van der Waals surface area contributed by atoms with E-state index in [1.54, 1.807) is 7.05 Å². The van der Waals surface area contributed by atoms with Crippen molar-refractivity contribution in [1.29, 1.82) is 0 Å². The van der Waals surface area contributed by atoms with E-state index in [1.807, 2.05) is 11.3 Å². The van der Waals surface area contributed by atoms with Crippen LogP contribution in [0.1, 0.15) is 29.5 Å². The Morgan fingerprint density at radius 3 is 2.80 bits per heavy atom. The summed E-state index contributed by atoms with van der Waals surface area (Å²) in [4.78, 5) is 6.99. The predicted molar refractivity (Wildman–Crippen MR) is 85.4 cm³/mol. The first kappa shape index (κ1) is 15.3. The molecule has 1 aromatic rings. The van der Waals surface area contributed by atoms with Crippen LogP contribution in [0.2, 0.25) is 0 Å². The summed E-state index contributed by atoms with van der Waals surface area (Å²) in [7, 11) is 1.80. The maximum absolute atomic E-state index is 5.59. The van der Waals surface area contributed by atoms with Gasteiger partial charge in [-0.2, -0.15) is 0 Å². The fourth-order valence-electron chi connectivity index (χ4n) is 1.87. The molecule has 0 aliphatic heterocycles. The first-order valence-corrected chi connectivity index (χ1v) is 8.23. The van der Waals surface area contributed by atoms with Gasteiger partial charge in [0, 0.05) is 30.0 Å². The van der Waals surface area contributed by atoms with Gasteiger partial charge in [0.2, 0.25) is 0 Å². The lowest BCUT2D eigenvalue weighted by atomic mass is 10.4. The van der Waals surface area contributed by atoms with Crippen LogP contribution in [0.4, 0.5) is 0 Å². The lowest BCUT2D eigenvalue weighted by Gasteiger charge is -2.11. The Bertz CT molecular complexity index is 427. The molecule has 2 rings (SSSR count). The lowest BCUT2D eigenvalue weighted by Crippen LogP contribution is -2.38. The Labute approximate surface area is 125 Å². The summed E-state index contributed by atoms with van der Waals surface area (Å²) in [6.07, 6.45) is 3.80. The molecule has 0 atom stereocenters. The number of thiophene rings is 1. The number of aliphatic imine (C=N–C) groups is 1. The minimum atomic E-state index is 0.746. The van der Waals surface area contributed by atoms with Crippen molar-refractivity contribution in [1.82, 2.24) is 10.6 Å². The van der Waals surface area contributed by atoms with Crippen molar-refractivity contribution in [3.8, 4) is 0 Å². The van der Waals surface area contributed by atoms with Crippen LogP contribution >= 0.6 is 11.3 Å². The number of hydrogen-bond donors (Lipinski definition) is 2. The SMILES string of the molecule is CCc1ccc(CNC(=NC)NCCOCC2CC2)s1. The van der Waals surface area contributed by atoms with E-state index in [0.717, 1.165) is 44.6 Å². The van der Waals surface area contributed by atoms with E-state index < -0.39 is 0 Å². The zero-order chi connectivity index (χ0) is 14.2. The Balaban J connectivity index is 1.58. The number of ether oxygens (including phenoxy) is 1. The first-order chi connectivity index (χ1) is 9.81. The second-order valence-corrected chi connectivity index (χ2v) is 6.35. The number of guanidine groups is 1. The molecule has 1 saturated carbocycles. The summed E-state index contributed by atoms with van der Waals surface area (Å²) in [5, 5.41) is 6.60. The van der Waals surface area contributed by atoms with Crippen molar-refractivity contribution in [2.75, 3.05) is 26.8 Å². The van der Waals surface area contributed by atoms with Gasteiger partial charge in [0.25, 0.3) is 0 Å². The Morgan fingerprint density at radius 2 is 2.15 bits per heavy atom. The summed E-state index contributed by atoms with van der Waals surface area (Å²) in [5.41, 5.74) is 0. The van der Waals surface area contributed by atoms with E-state index in [4.69, 9.17) is 4.74 Å². The van der Waals surface area contributed by atoms with Crippen LogP contribution in [0, 0.1) is 5.92 Å². The smallest absolute Gasteiger partial charge is 0.191 e. The lowest BCUT2D eigenvalue weighted by molar-refractivity contribution is 0.129. The van der Waals surface area contributed by atoms with Crippen molar-refractivity contribution >= 4 is 17.3 Å². The standard InChI is InChI=1S/C15H25N3OS/c1-3-13-6-7-14(20-13)10-18-15(16-2)17-8-9-19-11-12-4-5-12/h6-7,12H,3-5,8-11H2,1-2H3,(H2,16,17,18). The molecule has 0 amide bonds. The van der Waals surface area contributed by atoms with Gasteiger partial charge in [0.15, 0.2) is 5.96 Å². The third-order valence-corrected chi connectivity index (χ3v) is 4.54. The Hall–Kier alpha value is -1.07. The van der Waals surface area contributed by atoms with E-state index in [-0.39, 0.29) is 0 Å². The number of nitrogens with one attached hydrogen (secondary N) is 2. The molecule has 20 heavy (non-hydrogen) atoms. The maximum atomic E-state index is 5.59. The molecular formula is C15H25N3OS. The number of nitrogens with zero attached hydrogens (tertiary/aromatic N) is 1. The van der Waals surface area contributed by atoms with E-state index in [1.165, 1.54) is 22.6 Å². The number of rotatable bonds is 8. The van der Waals surface area contributed by atoms with Crippen LogP contribution in [0.5, 0.6) is 0 Å². The summed E-state index contributed by atoms with van der Waals surface area (Å²) in [6, 6.07) is 4.38. The van der Waals surface area contributed by atoms with Crippen molar-refractivity contribution < 1.29 is 4.74 Å². The second-order valence-electron chi connectivity index (χ2n) is 5.09. The van der Waals surface area contributed by atoms with Crippen molar-refractivity contribution in [2.24, 2.45) is 10.9 Å². The van der Waals surface area contributed by atoms with Gasteiger partial charge >= 0.3 is 0 Å². The van der Waals surface area contributed by atoms with Crippen molar-refractivity contribution in [3.05, 3.63) is 21.9 Å². The predicted octanol–water partition coefficient (Wildman–Crippen LogP) is 2.40. The molecule has 0 bridgehead atoms. The van der Waals surface area contributed by atoms with Crippen LogP contribution in [-0.2, 0) is 17.7 Å². The molecule has 1 aliphatic carbocycles. The third kappa shape index (κ3) is 5.51. The highest BCUT2D eigenvalue weighted by atomic mass is 32.1. The van der Waals surface area contributed by atoms with E-state index in [9.17, 15) is 0 Å². The topological polar surface area (TPSA) is 45.7 Å². The van der Waals surface area contributed by atoms with Gasteiger partial charge in [0.05, 0.1) is 13.2 Å². The minimum absolute atomic E-state index is 0.746. The molecular weight excluding hydrogens is 270 g/mol. The summed E-state index contributed by atoms with van der Waals surface area (Å²) in [6.45, 7) is 5.48. The molecule has 0 saturated heterocycles. The van der Waals surface area contributed by atoms with Crippen molar-refractivity contribution in [3.63, 3.8) is 0 Å². The number of aryl methyl sites for hydroxylation is 1. The monoisotopic (exact) mass is 295 g/mol. The van der Waals surface area contributed by atoms with Gasteiger partial charge in [-0.15, -0.1) is 11.3 Å². The molecule has 0 unspecified atom stereocenters. The maximum Gasteiger partial charge on any atom is 0.191 e. The molecule has 0 spiro atoms. The fraction of sp³-hybridized carbons (Fsp3) is 0.667. The normalized spacial score (nSPS) is 15.4. The van der Waals surface area contributed by atoms with Gasteiger partial charge in [-0.3, -0.25) is 4.99 Å². The van der Waals surface area contributed by atoms with Gasteiger partial charge in [0.1, 0.15) is 0 Å². The van der Waals surface area contributed by atoms with E-state index >= 15 is 0 Å². The quantitative estimate of drug-likeness (QED) is 0.440. The van der Waals surface area contributed by atoms with Crippen LogP contribution in [0.25, 0.3) is 0 Å². The molecule has 1 fully saturated rings. The van der Waals surface area contributed by atoms with Crippen LogP contribution < -0.4 is 10.6 Å². The van der Waals surface area contributed by atoms with Crippen LogP contribution in [0.15, 0.2) is 17.1 Å². The van der Waals surface area contributed by atoms with Crippen LogP contribution in [0.3, 0.4) is 0 Å². The highest BCUT2D eigenvalue weighted by molar-refractivity contribution is 7.11. The number of hydrogen-bond acceptors (Lipinski definition) is 3. The minimum Gasteiger partial charge on any atom is -0.379 e. The molecule has 1 aliphatic rings. The zero-order valence-electron chi connectivity index (χ0n) is 12.4. The molecule has 112 valence electrons. The highest BCUT2D eigenvalue weighted by Crippen LogP contribution is 2.28. The average molecular weight is 295 g/mol. The van der Waals surface area contributed by atoms with Gasteiger partial charge in [-0.1, -0.05) is 6.92 Å². The fourth-order valence-corrected chi connectivity index (χ4v) is 2.77. The summed E-state index contributed by atoms with van der Waals surface area (Å²) < 4.78 is 5.59. The zero-order valence-corrected chi connectivity index (χ0v) is 13.3. The van der Waals surface area contributed by atoms with Crippen LogP contribution in [-0.4, -0.2) is 32.8 Å². The third-order valence-electron chi connectivity index (χ3n) is 3.31. The highest BCUT2D eigenvalue weighted by Gasteiger charge is 2.20. The molecule has 5 heteroatoms. The Morgan fingerprint density at radius 1 is 1.35 bits per heavy atom. The van der Waals surface area contributed by atoms with Gasteiger partial charge in [-0.05, 0) is 37.3 Å². The second kappa shape index (κ2) is 8.27. The first-order valence-electron chi connectivity index (χ1n) is 7.41. The van der Waals surface area contributed by atoms with Gasteiger partial charge < -0.3 is 15.4 Å². The molecule has 1 aromatic heterocycles. The molecule has 2 N–H and O–H groups in total. The largest absolute Gasteiger partial charge is 0.379 e. The molecule has 0 aromatic carbocycles. The Kier molecular flexibility index (Phi) is 6.33. The van der Waals surface area contributed by atoms with E-state index in [2.05, 4.69) is 34.7 Å². The molecule has 4 nitrogen and oxygen atoms in total. The van der Waals surface area contributed by atoms with Crippen molar-refractivity contribution in [2.45, 2.75) is 32.7 Å². The summed E-state index contributed by atoms with van der Waals surface area (Å²) >= 11 is 1.86. The molecule has 0 radical (unpaired) electrons.